The van der Waals surface area contributed by atoms with Gasteiger partial charge in [-0.05, 0) is 42.8 Å². The van der Waals surface area contributed by atoms with Crippen LogP contribution in [-0.4, -0.2) is 26.8 Å². The van der Waals surface area contributed by atoms with Crippen LogP contribution in [0.2, 0.25) is 5.02 Å². The molecule has 0 bridgehead atoms. The second kappa shape index (κ2) is 6.50. The van der Waals surface area contributed by atoms with Gasteiger partial charge in [-0.3, -0.25) is 0 Å². The third kappa shape index (κ3) is 2.69. The van der Waals surface area contributed by atoms with Crippen LogP contribution in [0.5, 0.6) is 11.5 Å². The highest BCUT2D eigenvalue weighted by Crippen LogP contribution is 2.38. The van der Waals surface area contributed by atoms with Crippen LogP contribution in [0.1, 0.15) is 5.56 Å². The molecule has 0 spiro atoms. The first-order valence-corrected chi connectivity index (χ1v) is 9.70. The van der Waals surface area contributed by atoms with E-state index in [1.807, 2.05) is 48.7 Å². The second-order valence-electron chi connectivity index (χ2n) is 6.22. The molecule has 4 aromatic rings. The number of hydrogen-bond donors (Lipinski definition) is 1. The number of fused-ring (bicyclic) bond motifs is 1. The Bertz CT molecular complexity index is 1200. The Morgan fingerprint density at radius 2 is 2.04 bits per heavy atom. The van der Waals surface area contributed by atoms with Gasteiger partial charge in [0.1, 0.15) is 5.01 Å². The predicted molar refractivity (Wildman–Crippen MR) is 108 cm³/mol. The quantitative estimate of drug-likeness (QED) is 0.539. The fourth-order valence-electron chi connectivity index (χ4n) is 3.02. The van der Waals surface area contributed by atoms with Gasteiger partial charge in [0.05, 0.1) is 11.4 Å². The number of halogens is 1. The van der Waals surface area contributed by atoms with Crippen LogP contribution >= 0.6 is 22.9 Å². The van der Waals surface area contributed by atoms with Crippen LogP contribution in [0.3, 0.4) is 0 Å². The summed E-state index contributed by atoms with van der Waals surface area (Å²) in [6, 6.07) is 11.3. The van der Waals surface area contributed by atoms with Gasteiger partial charge in [-0.15, -0.1) is 16.4 Å². The third-order valence-corrected chi connectivity index (χ3v) is 5.81. The van der Waals surface area contributed by atoms with E-state index < -0.39 is 0 Å². The van der Waals surface area contributed by atoms with Crippen molar-refractivity contribution >= 4 is 28.8 Å². The molecule has 0 unspecified atom stereocenters. The highest BCUT2D eigenvalue weighted by atomic mass is 35.5. The lowest BCUT2D eigenvalue weighted by Gasteiger charge is -2.07. The number of hydrogen-bond acceptors (Lipinski definition) is 7. The summed E-state index contributed by atoms with van der Waals surface area (Å²) in [5.41, 5.74) is 10.3. The molecule has 0 atom stereocenters. The molecule has 0 saturated carbocycles. The minimum Gasteiger partial charge on any atom is -0.454 e. The lowest BCUT2D eigenvalue weighted by molar-refractivity contribution is 0.174. The molecule has 0 radical (unpaired) electrons. The van der Waals surface area contributed by atoms with Crippen molar-refractivity contribution < 1.29 is 9.47 Å². The van der Waals surface area contributed by atoms with Crippen molar-refractivity contribution in [3.05, 3.63) is 52.4 Å². The monoisotopic (exact) mass is 411 g/mol. The maximum Gasteiger partial charge on any atom is 0.231 e. The Morgan fingerprint density at radius 1 is 1.18 bits per heavy atom. The highest BCUT2D eigenvalue weighted by Gasteiger charge is 2.19. The second-order valence-corrected chi connectivity index (χ2v) is 7.49. The van der Waals surface area contributed by atoms with E-state index in [4.69, 9.17) is 26.8 Å². The van der Waals surface area contributed by atoms with Crippen molar-refractivity contribution in [2.24, 2.45) is 0 Å². The van der Waals surface area contributed by atoms with Crippen LogP contribution in [0.25, 0.3) is 27.6 Å². The van der Waals surface area contributed by atoms with Crippen LogP contribution in [0.15, 0.2) is 41.8 Å². The van der Waals surface area contributed by atoms with Gasteiger partial charge in [-0.1, -0.05) is 22.9 Å². The number of nitrogens with two attached hydrogens (primary N) is 1. The van der Waals surface area contributed by atoms with Crippen molar-refractivity contribution in [1.29, 1.82) is 0 Å². The fraction of sp³-hybridized carbons (Fsp3) is 0.105. The van der Waals surface area contributed by atoms with E-state index in [0.717, 1.165) is 28.3 Å². The summed E-state index contributed by atoms with van der Waals surface area (Å²) in [7, 11) is 0. The Morgan fingerprint density at radius 3 is 2.93 bits per heavy atom. The number of rotatable bonds is 3. The first kappa shape index (κ1) is 17.0. The van der Waals surface area contributed by atoms with Gasteiger partial charge in [0.2, 0.25) is 6.79 Å². The molecule has 3 heterocycles. The molecule has 5 rings (SSSR count). The SMILES string of the molecule is Cc1c(Cl)cccc1-n1nnc(-c2nc(-c3ccc4c(c3)OCO4)cs2)c1N. The molecule has 9 heteroatoms. The minimum absolute atomic E-state index is 0.240. The van der Waals surface area contributed by atoms with E-state index in [-0.39, 0.29) is 6.79 Å². The van der Waals surface area contributed by atoms with E-state index in [2.05, 4.69) is 15.3 Å². The third-order valence-electron chi connectivity index (χ3n) is 4.55. The van der Waals surface area contributed by atoms with Crippen molar-refractivity contribution in [1.82, 2.24) is 20.0 Å². The highest BCUT2D eigenvalue weighted by molar-refractivity contribution is 7.13. The number of anilines is 1. The lowest BCUT2D eigenvalue weighted by Crippen LogP contribution is -2.04. The molecule has 2 aromatic carbocycles. The predicted octanol–water partition coefficient (Wildman–Crippen LogP) is 4.33. The van der Waals surface area contributed by atoms with Crippen molar-refractivity contribution in [2.45, 2.75) is 6.92 Å². The molecule has 0 saturated heterocycles. The van der Waals surface area contributed by atoms with Gasteiger partial charge >= 0.3 is 0 Å². The summed E-state index contributed by atoms with van der Waals surface area (Å²) in [5.74, 6) is 1.87. The van der Waals surface area contributed by atoms with E-state index in [0.29, 0.717) is 27.3 Å². The zero-order valence-electron chi connectivity index (χ0n) is 14.7. The minimum atomic E-state index is 0.240. The number of nitrogens with zero attached hydrogens (tertiary/aromatic N) is 4. The van der Waals surface area contributed by atoms with E-state index in [1.165, 1.54) is 11.3 Å². The normalized spacial score (nSPS) is 12.5. The van der Waals surface area contributed by atoms with E-state index >= 15 is 0 Å². The van der Waals surface area contributed by atoms with Crippen molar-refractivity contribution in [3.8, 4) is 39.1 Å². The van der Waals surface area contributed by atoms with Crippen molar-refractivity contribution in [2.75, 3.05) is 12.5 Å². The Labute approximate surface area is 169 Å². The zero-order valence-corrected chi connectivity index (χ0v) is 16.3. The molecule has 0 fully saturated rings. The summed E-state index contributed by atoms with van der Waals surface area (Å²) in [4.78, 5) is 4.68. The number of thiazole rings is 1. The molecule has 28 heavy (non-hydrogen) atoms. The summed E-state index contributed by atoms with van der Waals surface area (Å²) in [6.45, 7) is 2.16. The average molecular weight is 412 g/mol. The Kier molecular flexibility index (Phi) is 3.96. The smallest absolute Gasteiger partial charge is 0.231 e. The summed E-state index contributed by atoms with van der Waals surface area (Å²) >= 11 is 7.68. The van der Waals surface area contributed by atoms with Crippen LogP contribution in [-0.2, 0) is 0 Å². The number of aromatic nitrogens is 4. The van der Waals surface area contributed by atoms with Crippen LogP contribution in [0, 0.1) is 6.92 Å². The van der Waals surface area contributed by atoms with Crippen LogP contribution in [0.4, 0.5) is 5.82 Å². The first-order chi connectivity index (χ1) is 13.6. The molecule has 0 aliphatic carbocycles. The maximum absolute atomic E-state index is 6.33. The molecule has 2 aromatic heterocycles. The van der Waals surface area contributed by atoms with Gasteiger partial charge in [-0.25, -0.2) is 4.98 Å². The van der Waals surface area contributed by atoms with Crippen LogP contribution < -0.4 is 15.2 Å². The first-order valence-electron chi connectivity index (χ1n) is 8.44. The molecule has 0 amide bonds. The summed E-state index contributed by atoms with van der Waals surface area (Å²) in [6.07, 6.45) is 0. The molecule has 1 aliphatic heterocycles. The van der Waals surface area contributed by atoms with Gasteiger partial charge in [0, 0.05) is 16.0 Å². The molecular weight excluding hydrogens is 398 g/mol. The van der Waals surface area contributed by atoms with Gasteiger partial charge < -0.3 is 15.2 Å². The molecular formula is C19H14ClN5O2S. The molecule has 1 aliphatic rings. The maximum atomic E-state index is 6.33. The number of nitrogen functional groups attached to an aromatic ring is 1. The lowest BCUT2D eigenvalue weighted by atomic mass is 10.1. The van der Waals surface area contributed by atoms with Crippen molar-refractivity contribution in [3.63, 3.8) is 0 Å². The number of ether oxygens (including phenoxy) is 2. The van der Waals surface area contributed by atoms with E-state index in [9.17, 15) is 0 Å². The standard InChI is InChI=1S/C19H14ClN5O2S/c1-10-12(20)3-2-4-14(10)25-18(21)17(23-24-25)19-22-13(8-28-19)11-5-6-15-16(7-11)27-9-26-15/h2-8H,9,21H2,1H3. The van der Waals surface area contributed by atoms with Gasteiger partial charge in [-0.2, -0.15) is 4.68 Å². The Balaban J connectivity index is 1.52. The summed E-state index contributed by atoms with van der Waals surface area (Å²) in [5, 5.41) is 11.7. The molecule has 140 valence electrons. The largest absolute Gasteiger partial charge is 0.454 e. The van der Waals surface area contributed by atoms with Gasteiger partial charge in [0.25, 0.3) is 0 Å². The average Bonchev–Trinajstić information content (AvgIpc) is 3.42. The Hall–Kier alpha value is -3.10. The zero-order chi connectivity index (χ0) is 19.3. The molecule has 2 N–H and O–H groups in total. The van der Waals surface area contributed by atoms with E-state index in [1.54, 1.807) is 4.68 Å². The van der Waals surface area contributed by atoms with Gasteiger partial charge in [0.15, 0.2) is 23.0 Å². The number of benzene rings is 2. The summed E-state index contributed by atoms with van der Waals surface area (Å²) < 4.78 is 12.4. The fourth-order valence-corrected chi connectivity index (χ4v) is 4.01. The topological polar surface area (TPSA) is 88.1 Å². The molecule has 7 nitrogen and oxygen atoms in total.